The molecule has 14 heteroatoms. The summed E-state index contributed by atoms with van der Waals surface area (Å²) < 4.78 is 9.63. The number of benzene rings is 2. The number of alkyl carbamates (subject to hydrolysis) is 2. The topological polar surface area (TPSA) is 175 Å². The normalized spacial score (nSPS) is 21.0. The van der Waals surface area contributed by atoms with Crippen molar-refractivity contribution in [1.82, 2.24) is 40.4 Å². The molecule has 4 atom stereocenters. The number of ether oxygens (including phenoxy) is 2. The van der Waals surface area contributed by atoms with E-state index in [1.807, 2.05) is 29.8 Å². The van der Waals surface area contributed by atoms with E-state index in [-0.39, 0.29) is 29.8 Å². The fraction of sp³-hybridized carbons (Fsp3) is 0.467. The Labute approximate surface area is 345 Å². The standard InChI is InChI=1S/C45H56N8O6/c1-28(2)38(51-45(57)59-4)43(55)53-26-11-15-36(53)40-46-27-35(48-40)31-21-17-29(18-22-31)30-19-23-32(24-20-30)39-33-13-9-7-5-6-8-10-14-34(49-44(56)58-3)42(54)52-25-12-16-37(52)41(47-33)50-39/h7,9,17-24,27-28,34,36-38H,5-6,8,10-16,25-26H2,1-4H3,(H,46,48)(H,47,50)(H,49,56)(H,51,57)/b9-7+/t34-,36+,37-,38-/m0/s1. The van der Waals surface area contributed by atoms with E-state index in [1.54, 1.807) is 0 Å². The number of carbonyl (C=O) groups excluding carboxylic acids is 4. The van der Waals surface area contributed by atoms with E-state index in [1.165, 1.54) is 14.2 Å². The van der Waals surface area contributed by atoms with Gasteiger partial charge in [0.2, 0.25) is 11.8 Å². The first kappa shape index (κ1) is 41.2. The zero-order valence-corrected chi connectivity index (χ0v) is 34.5. The van der Waals surface area contributed by atoms with Crippen LogP contribution in [0.4, 0.5) is 9.59 Å². The predicted octanol–water partition coefficient (Wildman–Crippen LogP) is 7.63. The van der Waals surface area contributed by atoms with Crippen molar-refractivity contribution in [1.29, 1.82) is 0 Å². The number of carbonyl (C=O) groups is 4. The summed E-state index contributed by atoms with van der Waals surface area (Å²) in [6, 6.07) is 15.0. The van der Waals surface area contributed by atoms with E-state index < -0.39 is 24.3 Å². The van der Waals surface area contributed by atoms with Crippen molar-refractivity contribution in [3.63, 3.8) is 0 Å². The Balaban J connectivity index is 1.07. The van der Waals surface area contributed by atoms with Gasteiger partial charge in [-0.1, -0.05) is 87.4 Å². The molecule has 312 valence electrons. The molecule has 2 aromatic carbocycles. The minimum atomic E-state index is -0.689. The van der Waals surface area contributed by atoms with Crippen LogP contribution in [0.1, 0.15) is 101 Å². The lowest BCUT2D eigenvalue weighted by molar-refractivity contribution is -0.135. The van der Waals surface area contributed by atoms with Crippen molar-refractivity contribution < 1.29 is 28.7 Å². The second kappa shape index (κ2) is 18.8. The number of nitrogens with one attached hydrogen (secondary N) is 4. The van der Waals surface area contributed by atoms with Crippen molar-refractivity contribution in [3.05, 3.63) is 84.2 Å². The number of methoxy groups -OCH3 is 2. The zero-order valence-electron chi connectivity index (χ0n) is 34.5. The lowest BCUT2D eigenvalue weighted by Gasteiger charge is -2.30. The molecule has 7 rings (SSSR count). The number of aromatic nitrogens is 4. The minimum Gasteiger partial charge on any atom is -0.453 e. The Bertz CT molecular complexity index is 2120. The zero-order chi connectivity index (χ0) is 41.5. The average Bonchev–Trinajstić information content (AvgIpc) is 4.09. The Kier molecular flexibility index (Phi) is 13.1. The van der Waals surface area contributed by atoms with Crippen molar-refractivity contribution in [2.24, 2.45) is 5.92 Å². The van der Waals surface area contributed by atoms with Gasteiger partial charge in [0, 0.05) is 30.8 Å². The first-order valence-corrected chi connectivity index (χ1v) is 20.9. The third-order valence-corrected chi connectivity index (χ3v) is 11.8. The molecule has 3 aliphatic rings. The molecule has 0 spiro atoms. The highest BCUT2D eigenvalue weighted by molar-refractivity contribution is 5.87. The highest BCUT2D eigenvalue weighted by atomic mass is 16.5. The molecule has 4 aromatic rings. The molecule has 0 unspecified atom stereocenters. The fourth-order valence-corrected chi connectivity index (χ4v) is 8.56. The van der Waals surface area contributed by atoms with Gasteiger partial charge in [-0.15, -0.1) is 0 Å². The molecule has 4 N–H and O–H groups in total. The van der Waals surface area contributed by atoms with Gasteiger partial charge in [0.15, 0.2) is 0 Å². The number of likely N-dealkylation sites (tertiary alicyclic amines) is 1. The third kappa shape index (κ3) is 9.37. The van der Waals surface area contributed by atoms with Crippen molar-refractivity contribution in [2.75, 3.05) is 27.3 Å². The van der Waals surface area contributed by atoms with Crippen LogP contribution >= 0.6 is 0 Å². The van der Waals surface area contributed by atoms with Gasteiger partial charge in [-0.05, 0) is 67.6 Å². The number of hydrogen-bond donors (Lipinski definition) is 4. The van der Waals surface area contributed by atoms with Crippen LogP contribution in [0, 0.1) is 5.92 Å². The van der Waals surface area contributed by atoms with E-state index in [4.69, 9.17) is 19.4 Å². The summed E-state index contributed by atoms with van der Waals surface area (Å²) in [5.74, 6) is 1.16. The SMILES string of the molecule is COC(=O)N[C@H]1CCCCC/C=C/Cc2[nH]c(nc2-c2ccc(-c3ccc(-c4cnc([C@H]5CCCN5C(=O)[C@@H](NC(=O)OC)C(C)C)[nH]4)cc3)cc2)[C@@H]2CCCN2C1=O. The molecule has 2 saturated heterocycles. The van der Waals surface area contributed by atoms with Crippen molar-refractivity contribution in [3.8, 4) is 33.6 Å². The van der Waals surface area contributed by atoms with Gasteiger partial charge >= 0.3 is 12.2 Å². The quantitative estimate of drug-likeness (QED) is 0.132. The monoisotopic (exact) mass is 804 g/mol. The third-order valence-electron chi connectivity index (χ3n) is 11.8. The summed E-state index contributed by atoms with van der Waals surface area (Å²) in [5, 5.41) is 5.50. The number of nitrogens with zero attached hydrogens (tertiary/aromatic N) is 4. The Hall–Kier alpha value is -5.92. The molecule has 0 aliphatic carbocycles. The van der Waals surface area contributed by atoms with Gasteiger partial charge in [-0.3, -0.25) is 9.59 Å². The summed E-state index contributed by atoms with van der Waals surface area (Å²) in [5.41, 5.74) is 6.84. The summed E-state index contributed by atoms with van der Waals surface area (Å²) in [4.78, 5) is 72.3. The molecule has 2 aromatic heterocycles. The number of allylic oxidation sites excluding steroid dienone is 2. The summed E-state index contributed by atoms with van der Waals surface area (Å²) in [6.45, 7) is 5.01. The second-order valence-corrected chi connectivity index (χ2v) is 16.0. The van der Waals surface area contributed by atoms with Gasteiger partial charge in [0.05, 0.1) is 43.9 Å². The lowest BCUT2D eigenvalue weighted by atomic mass is 10.00. The largest absolute Gasteiger partial charge is 0.453 e. The number of aromatic amines is 2. The Morgan fingerprint density at radius 2 is 1.44 bits per heavy atom. The maximum absolute atomic E-state index is 13.9. The average molecular weight is 805 g/mol. The van der Waals surface area contributed by atoms with Crippen LogP contribution in [0.15, 0.2) is 66.9 Å². The molecule has 5 heterocycles. The van der Waals surface area contributed by atoms with Gasteiger partial charge in [0.1, 0.15) is 23.7 Å². The number of amides is 4. The summed E-state index contributed by atoms with van der Waals surface area (Å²) in [7, 11) is 2.61. The molecular formula is C45H56N8O6. The molecule has 4 amide bonds. The first-order valence-electron chi connectivity index (χ1n) is 20.9. The van der Waals surface area contributed by atoms with E-state index in [2.05, 4.69) is 81.3 Å². The molecule has 2 bridgehead atoms. The van der Waals surface area contributed by atoms with E-state index >= 15 is 0 Å². The molecule has 0 saturated carbocycles. The smallest absolute Gasteiger partial charge is 0.407 e. The van der Waals surface area contributed by atoms with E-state index in [0.717, 1.165) is 102 Å². The fourth-order valence-electron chi connectivity index (χ4n) is 8.56. The number of imidazole rings is 2. The van der Waals surface area contributed by atoms with Crippen molar-refractivity contribution in [2.45, 2.75) is 102 Å². The lowest BCUT2D eigenvalue weighted by Crippen LogP contribution is -2.51. The molecule has 0 radical (unpaired) electrons. The Morgan fingerprint density at radius 1 is 0.763 bits per heavy atom. The maximum atomic E-state index is 13.9. The minimum absolute atomic E-state index is 0.0904. The van der Waals surface area contributed by atoms with E-state index in [9.17, 15) is 19.2 Å². The van der Waals surface area contributed by atoms with Gasteiger partial charge < -0.3 is 39.9 Å². The predicted molar refractivity (Wildman–Crippen MR) is 224 cm³/mol. The van der Waals surface area contributed by atoms with Crippen LogP contribution in [0.25, 0.3) is 33.6 Å². The van der Waals surface area contributed by atoms with Crippen molar-refractivity contribution >= 4 is 24.0 Å². The highest BCUT2D eigenvalue weighted by Gasteiger charge is 2.38. The van der Waals surface area contributed by atoms with Gasteiger partial charge in [0.25, 0.3) is 0 Å². The Morgan fingerprint density at radius 3 is 2.15 bits per heavy atom. The maximum Gasteiger partial charge on any atom is 0.407 e. The number of H-pyrrole nitrogens is 2. The first-order chi connectivity index (χ1) is 28.6. The van der Waals surface area contributed by atoms with E-state index in [0.29, 0.717) is 25.9 Å². The molecule has 14 nitrogen and oxygen atoms in total. The molecular weight excluding hydrogens is 749 g/mol. The molecule has 3 aliphatic heterocycles. The van der Waals surface area contributed by atoms with Crippen LogP contribution in [0.2, 0.25) is 0 Å². The number of fused-ring (bicyclic) bond motifs is 4. The molecule has 59 heavy (non-hydrogen) atoms. The van der Waals surface area contributed by atoms with Crippen LogP contribution in [0.5, 0.6) is 0 Å². The van der Waals surface area contributed by atoms with Gasteiger partial charge in [-0.2, -0.15) is 0 Å². The highest BCUT2D eigenvalue weighted by Crippen LogP contribution is 2.36. The van der Waals surface area contributed by atoms with Gasteiger partial charge in [-0.25, -0.2) is 19.6 Å². The molecule has 2 fully saturated rings. The van der Waals surface area contributed by atoms with Crippen LogP contribution in [-0.4, -0.2) is 93.1 Å². The summed E-state index contributed by atoms with van der Waals surface area (Å²) >= 11 is 0. The number of hydrogen-bond acceptors (Lipinski definition) is 8. The van der Waals surface area contributed by atoms with Crippen LogP contribution in [-0.2, 0) is 25.5 Å². The van der Waals surface area contributed by atoms with Crippen LogP contribution < -0.4 is 10.6 Å². The summed E-state index contributed by atoms with van der Waals surface area (Å²) in [6.07, 6.45) is 13.3. The number of rotatable bonds is 8. The second-order valence-electron chi connectivity index (χ2n) is 16.0. The van der Waals surface area contributed by atoms with Crippen LogP contribution in [0.3, 0.4) is 0 Å².